The van der Waals surface area contributed by atoms with Gasteiger partial charge in [-0.3, -0.25) is 4.79 Å². The lowest BCUT2D eigenvalue weighted by atomic mass is 10.2. The Labute approximate surface area is 97.5 Å². The van der Waals surface area contributed by atoms with Gasteiger partial charge < -0.3 is 5.73 Å². The van der Waals surface area contributed by atoms with E-state index in [0.717, 1.165) is 10.9 Å². The maximum absolute atomic E-state index is 11.6. The van der Waals surface area contributed by atoms with Crippen LogP contribution in [-0.4, -0.2) is 16.7 Å². The molecule has 0 saturated carbocycles. The summed E-state index contributed by atoms with van der Waals surface area (Å²) in [4.78, 5) is 16.0. The molecule has 2 N–H and O–H groups in total. The van der Waals surface area contributed by atoms with E-state index in [1.54, 1.807) is 6.07 Å². The fourth-order valence-electron chi connectivity index (χ4n) is 1.80. The van der Waals surface area contributed by atoms with E-state index in [0.29, 0.717) is 11.7 Å². The highest BCUT2D eigenvalue weighted by molar-refractivity contribution is 6.11. The first kappa shape index (κ1) is 9.77. The van der Waals surface area contributed by atoms with Crippen LogP contribution >= 0.6 is 0 Å². The van der Waals surface area contributed by atoms with Crippen LogP contribution in [0.4, 0.5) is 5.82 Å². The summed E-state index contributed by atoms with van der Waals surface area (Å²) < 4.78 is 0. The number of amidine groups is 1. The molecule has 1 aromatic carbocycles. The molecule has 0 atom stereocenters. The predicted molar refractivity (Wildman–Crippen MR) is 65.5 cm³/mol. The summed E-state index contributed by atoms with van der Waals surface area (Å²) in [5.41, 5.74) is 6.36. The van der Waals surface area contributed by atoms with Crippen molar-refractivity contribution in [3.8, 4) is 0 Å². The number of nitrogens with zero attached hydrogens (tertiary/aromatic N) is 3. The van der Waals surface area contributed by atoms with Gasteiger partial charge in [0.2, 0.25) is 0 Å². The molecule has 5 nitrogen and oxygen atoms in total. The Balaban J connectivity index is 2.09. The number of hydrogen-bond donors (Lipinski definition) is 1. The monoisotopic (exact) mass is 226 g/mol. The summed E-state index contributed by atoms with van der Waals surface area (Å²) in [7, 11) is 0. The zero-order chi connectivity index (χ0) is 11.8. The van der Waals surface area contributed by atoms with E-state index in [4.69, 9.17) is 5.73 Å². The number of para-hydroxylation sites is 1. The number of hydrogen-bond acceptors (Lipinski definition) is 4. The molecule has 3 rings (SSSR count). The maximum atomic E-state index is 11.6. The van der Waals surface area contributed by atoms with Crippen LogP contribution in [0.25, 0.3) is 10.9 Å². The minimum absolute atomic E-state index is 0.148. The van der Waals surface area contributed by atoms with Gasteiger partial charge >= 0.3 is 0 Å². The lowest BCUT2D eigenvalue weighted by molar-refractivity contribution is -0.116. The number of anilines is 1. The van der Waals surface area contributed by atoms with Gasteiger partial charge in [-0.15, -0.1) is 0 Å². The largest absolute Gasteiger partial charge is 0.385 e. The second-order valence-electron chi connectivity index (χ2n) is 3.84. The fourth-order valence-corrected chi connectivity index (χ4v) is 1.80. The number of benzene rings is 1. The fraction of sp³-hybridized carbons (Fsp3) is 0.0833. The Morgan fingerprint density at radius 1 is 1.18 bits per heavy atom. The van der Waals surface area contributed by atoms with Gasteiger partial charge in [0.05, 0.1) is 11.9 Å². The van der Waals surface area contributed by atoms with Gasteiger partial charge in [0.15, 0.2) is 5.82 Å². The third-order valence-corrected chi connectivity index (χ3v) is 2.60. The zero-order valence-corrected chi connectivity index (χ0v) is 9.00. The molecule has 0 aliphatic carbocycles. The highest BCUT2D eigenvalue weighted by Gasteiger charge is 2.24. The molecule has 0 bridgehead atoms. The molecule has 1 aliphatic rings. The summed E-state index contributed by atoms with van der Waals surface area (Å²) in [5.74, 6) is 0.685. The number of carbonyl (C=O) groups is 1. The molecule has 2 aromatic rings. The predicted octanol–water partition coefficient (Wildman–Crippen LogP) is 1.24. The lowest BCUT2D eigenvalue weighted by Crippen LogP contribution is -2.20. The van der Waals surface area contributed by atoms with Crippen LogP contribution in [0.1, 0.15) is 6.42 Å². The first-order valence-corrected chi connectivity index (χ1v) is 5.26. The molecular formula is C12H10N4O. The summed E-state index contributed by atoms with van der Waals surface area (Å²) in [6.07, 6.45) is 0.161. The second kappa shape index (κ2) is 3.55. The van der Waals surface area contributed by atoms with Crippen LogP contribution in [0.2, 0.25) is 0 Å². The van der Waals surface area contributed by atoms with E-state index in [9.17, 15) is 4.79 Å². The van der Waals surface area contributed by atoms with Gasteiger partial charge in [-0.2, -0.15) is 10.1 Å². The Bertz CT molecular complexity index is 635. The van der Waals surface area contributed by atoms with Crippen LogP contribution in [0.5, 0.6) is 0 Å². The minimum atomic E-state index is -0.148. The van der Waals surface area contributed by atoms with Crippen LogP contribution in [0, 0.1) is 0 Å². The average molecular weight is 226 g/mol. The number of aromatic nitrogens is 1. The number of pyridine rings is 1. The maximum Gasteiger partial charge on any atom is 0.256 e. The first-order valence-electron chi connectivity index (χ1n) is 5.26. The van der Waals surface area contributed by atoms with Crippen molar-refractivity contribution in [2.45, 2.75) is 6.42 Å². The summed E-state index contributed by atoms with van der Waals surface area (Å²) in [5, 5.41) is 6.24. The molecule has 1 amide bonds. The van der Waals surface area contributed by atoms with E-state index in [1.807, 2.05) is 30.3 Å². The smallest absolute Gasteiger partial charge is 0.256 e. The lowest BCUT2D eigenvalue weighted by Gasteiger charge is -2.10. The third kappa shape index (κ3) is 1.61. The topological polar surface area (TPSA) is 71.6 Å². The number of nitrogens with two attached hydrogens (primary N) is 1. The molecule has 0 saturated heterocycles. The second-order valence-corrected chi connectivity index (χ2v) is 3.84. The highest BCUT2D eigenvalue weighted by Crippen LogP contribution is 2.20. The van der Waals surface area contributed by atoms with Gasteiger partial charge in [0, 0.05) is 5.39 Å². The van der Waals surface area contributed by atoms with E-state index in [-0.39, 0.29) is 12.3 Å². The third-order valence-electron chi connectivity index (χ3n) is 2.60. The van der Waals surface area contributed by atoms with E-state index in [2.05, 4.69) is 10.1 Å². The van der Waals surface area contributed by atoms with E-state index >= 15 is 0 Å². The van der Waals surface area contributed by atoms with Crippen molar-refractivity contribution in [1.82, 2.24) is 4.98 Å². The normalized spacial score (nSPS) is 15.4. The standard InChI is InChI=1S/C12H10N4O/c13-10-7-12(17)16(15-10)11-6-5-8-3-1-2-4-9(8)14-11/h1-6H,7H2,(H2,13,15). The molecule has 0 fully saturated rings. The Kier molecular flexibility index (Phi) is 2.04. The van der Waals surface area contributed by atoms with Crippen LogP contribution in [0.15, 0.2) is 41.5 Å². The van der Waals surface area contributed by atoms with E-state index < -0.39 is 0 Å². The molecule has 2 heterocycles. The van der Waals surface area contributed by atoms with Crippen molar-refractivity contribution in [3.63, 3.8) is 0 Å². The number of fused-ring (bicyclic) bond motifs is 1. The van der Waals surface area contributed by atoms with Gasteiger partial charge in [-0.05, 0) is 18.2 Å². The van der Waals surface area contributed by atoms with Crippen molar-refractivity contribution >= 4 is 28.5 Å². The first-order chi connectivity index (χ1) is 8.24. The summed E-state index contributed by atoms with van der Waals surface area (Å²) >= 11 is 0. The zero-order valence-electron chi connectivity index (χ0n) is 9.00. The van der Waals surface area contributed by atoms with Crippen molar-refractivity contribution in [1.29, 1.82) is 0 Å². The average Bonchev–Trinajstić information content (AvgIpc) is 2.68. The van der Waals surface area contributed by atoms with Crippen molar-refractivity contribution in [3.05, 3.63) is 36.4 Å². The molecule has 1 aromatic heterocycles. The molecule has 5 heteroatoms. The molecular weight excluding hydrogens is 216 g/mol. The highest BCUT2D eigenvalue weighted by atomic mass is 16.2. The number of amides is 1. The SMILES string of the molecule is NC1=NN(c2ccc3ccccc3n2)C(=O)C1. The number of rotatable bonds is 1. The molecule has 1 aliphatic heterocycles. The molecule has 0 radical (unpaired) electrons. The molecule has 0 unspecified atom stereocenters. The van der Waals surface area contributed by atoms with Gasteiger partial charge in [0.25, 0.3) is 5.91 Å². The molecule has 17 heavy (non-hydrogen) atoms. The number of carbonyl (C=O) groups excluding carboxylic acids is 1. The summed E-state index contributed by atoms with van der Waals surface area (Å²) in [6.45, 7) is 0. The Morgan fingerprint density at radius 3 is 2.76 bits per heavy atom. The van der Waals surface area contributed by atoms with Gasteiger partial charge in [-0.25, -0.2) is 4.98 Å². The molecule has 0 spiro atoms. The van der Waals surface area contributed by atoms with Crippen molar-refractivity contribution in [2.24, 2.45) is 10.8 Å². The minimum Gasteiger partial charge on any atom is -0.385 e. The Morgan fingerprint density at radius 2 is 2.00 bits per heavy atom. The van der Waals surface area contributed by atoms with Gasteiger partial charge in [0.1, 0.15) is 5.84 Å². The Hall–Kier alpha value is -2.43. The summed E-state index contributed by atoms with van der Waals surface area (Å²) in [6, 6.07) is 11.4. The quantitative estimate of drug-likeness (QED) is 0.795. The van der Waals surface area contributed by atoms with Crippen LogP contribution < -0.4 is 10.7 Å². The van der Waals surface area contributed by atoms with Crippen molar-refractivity contribution < 1.29 is 4.79 Å². The van der Waals surface area contributed by atoms with Gasteiger partial charge in [-0.1, -0.05) is 18.2 Å². The van der Waals surface area contributed by atoms with Crippen LogP contribution in [0.3, 0.4) is 0 Å². The number of hydrazone groups is 1. The molecule has 84 valence electrons. The van der Waals surface area contributed by atoms with E-state index in [1.165, 1.54) is 5.01 Å². The van der Waals surface area contributed by atoms with Crippen LogP contribution in [-0.2, 0) is 4.79 Å². The van der Waals surface area contributed by atoms with Crippen molar-refractivity contribution in [2.75, 3.05) is 5.01 Å².